The summed E-state index contributed by atoms with van der Waals surface area (Å²) in [5.41, 5.74) is 2.20. The van der Waals surface area contributed by atoms with Crippen LogP contribution in [0, 0.1) is 5.82 Å². The summed E-state index contributed by atoms with van der Waals surface area (Å²) in [7, 11) is 0. The molecule has 29 heavy (non-hydrogen) atoms. The highest BCUT2D eigenvalue weighted by Gasteiger charge is 2.26. The van der Waals surface area contributed by atoms with E-state index in [0.717, 1.165) is 36.3 Å². The number of hydrogen-bond donors (Lipinski definition) is 0. The van der Waals surface area contributed by atoms with Crippen LogP contribution in [0.4, 0.5) is 4.39 Å². The Morgan fingerprint density at radius 1 is 1.03 bits per heavy atom. The van der Waals surface area contributed by atoms with Crippen molar-refractivity contribution in [2.45, 2.75) is 38.0 Å². The van der Waals surface area contributed by atoms with Gasteiger partial charge in [-0.05, 0) is 73.2 Å². The lowest BCUT2D eigenvalue weighted by Gasteiger charge is -2.30. The van der Waals surface area contributed by atoms with Gasteiger partial charge >= 0.3 is 0 Å². The Hall–Kier alpha value is -2.58. The van der Waals surface area contributed by atoms with Crippen LogP contribution in [0.3, 0.4) is 0 Å². The molecule has 0 saturated carbocycles. The van der Waals surface area contributed by atoms with Crippen LogP contribution in [0.5, 0.6) is 11.5 Å². The minimum Gasteiger partial charge on any atom is -0.454 e. The molecule has 0 radical (unpaired) electrons. The predicted octanol–water partition coefficient (Wildman–Crippen LogP) is 8.13. The maximum absolute atomic E-state index is 14.2. The second-order valence-corrected chi connectivity index (χ2v) is 7.69. The Morgan fingerprint density at radius 3 is 2.41 bits per heavy atom. The van der Waals surface area contributed by atoms with Gasteiger partial charge in [0.2, 0.25) is 0 Å². The van der Waals surface area contributed by atoms with Gasteiger partial charge in [-0.15, -0.1) is 6.58 Å². The summed E-state index contributed by atoms with van der Waals surface area (Å²) in [5.74, 6) is 0.535. The Morgan fingerprint density at radius 2 is 1.76 bits per heavy atom. The molecule has 3 rings (SSSR count). The summed E-state index contributed by atoms with van der Waals surface area (Å²) in [6, 6.07) is 22.4. The fraction of sp³-hybridized carbons (Fsp3) is 0.231. The van der Waals surface area contributed by atoms with E-state index < -0.39 is 0 Å². The van der Waals surface area contributed by atoms with Crippen LogP contribution < -0.4 is 4.74 Å². The van der Waals surface area contributed by atoms with Crippen molar-refractivity contribution < 1.29 is 9.13 Å². The number of para-hydroxylation sites is 1. The summed E-state index contributed by atoms with van der Waals surface area (Å²) in [6.07, 6.45) is 5.77. The lowest BCUT2D eigenvalue weighted by Crippen LogP contribution is -2.22. The zero-order valence-corrected chi connectivity index (χ0v) is 17.5. The average Bonchev–Trinajstić information content (AvgIpc) is 2.75. The normalized spacial score (nSPS) is 12.9. The summed E-state index contributed by atoms with van der Waals surface area (Å²) >= 11 is 6.05. The first-order chi connectivity index (χ1) is 14.1. The Balaban J connectivity index is 1.69. The first-order valence-electron chi connectivity index (χ1n) is 9.97. The topological polar surface area (TPSA) is 9.23 Å². The van der Waals surface area contributed by atoms with Gasteiger partial charge in [0, 0.05) is 10.4 Å². The quantitative estimate of drug-likeness (QED) is 0.325. The van der Waals surface area contributed by atoms with Gasteiger partial charge in [0.15, 0.2) is 11.6 Å². The molecule has 0 aliphatic carbocycles. The molecule has 0 spiro atoms. The van der Waals surface area contributed by atoms with E-state index >= 15 is 0 Å². The number of allylic oxidation sites excluding steroid dienone is 1. The molecule has 0 aliphatic heterocycles. The molecule has 150 valence electrons. The van der Waals surface area contributed by atoms with Crippen LogP contribution in [0.15, 0.2) is 85.5 Å². The first kappa shape index (κ1) is 21.1. The van der Waals surface area contributed by atoms with Gasteiger partial charge in [-0.2, -0.15) is 0 Å². The third-order valence-electron chi connectivity index (χ3n) is 5.50. The largest absolute Gasteiger partial charge is 0.454 e. The predicted molar refractivity (Wildman–Crippen MR) is 119 cm³/mol. The third kappa shape index (κ3) is 5.27. The number of hydrogen-bond acceptors (Lipinski definition) is 1. The highest BCUT2D eigenvalue weighted by molar-refractivity contribution is 6.30. The van der Waals surface area contributed by atoms with E-state index in [1.807, 2.05) is 54.6 Å². The highest BCUT2D eigenvalue weighted by Crippen LogP contribution is 2.35. The van der Waals surface area contributed by atoms with Crippen molar-refractivity contribution in [3.05, 3.63) is 107 Å². The molecule has 1 atom stereocenters. The van der Waals surface area contributed by atoms with E-state index in [1.54, 1.807) is 6.07 Å². The summed E-state index contributed by atoms with van der Waals surface area (Å²) in [6.45, 7) is 6.28. The van der Waals surface area contributed by atoms with Crippen molar-refractivity contribution in [2.75, 3.05) is 0 Å². The molecule has 1 unspecified atom stereocenters. The molecule has 3 aromatic rings. The number of ether oxygens (including phenoxy) is 1. The zero-order valence-electron chi connectivity index (χ0n) is 16.7. The van der Waals surface area contributed by atoms with Gasteiger partial charge in [0.05, 0.1) is 0 Å². The number of rotatable bonds is 9. The van der Waals surface area contributed by atoms with Crippen LogP contribution >= 0.6 is 11.6 Å². The summed E-state index contributed by atoms with van der Waals surface area (Å²) in [4.78, 5) is 0. The molecular weight excluding hydrogens is 383 g/mol. The van der Waals surface area contributed by atoms with E-state index in [0.29, 0.717) is 5.75 Å². The molecule has 1 nitrogen and oxygen atoms in total. The average molecular weight is 409 g/mol. The van der Waals surface area contributed by atoms with Crippen LogP contribution in [-0.2, 0) is 11.8 Å². The number of halogens is 2. The molecule has 0 saturated heterocycles. The Labute approximate surface area is 177 Å². The fourth-order valence-electron chi connectivity index (χ4n) is 3.68. The van der Waals surface area contributed by atoms with Gasteiger partial charge in [-0.1, -0.05) is 61.0 Å². The smallest absolute Gasteiger partial charge is 0.165 e. The molecular formula is C26H26ClFO. The van der Waals surface area contributed by atoms with Crippen molar-refractivity contribution in [1.82, 2.24) is 0 Å². The van der Waals surface area contributed by atoms with Gasteiger partial charge in [-0.3, -0.25) is 0 Å². The fourth-order valence-corrected chi connectivity index (χ4v) is 3.80. The van der Waals surface area contributed by atoms with E-state index in [2.05, 4.69) is 25.6 Å². The molecule has 0 heterocycles. The Bertz CT molecular complexity index is 937. The van der Waals surface area contributed by atoms with Crippen molar-refractivity contribution in [2.24, 2.45) is 0 Å². The van der Waals surface area contributed by atoms with E-state index in [1.165, 1.54) is 11.6 Å². The molecule has 3 heteroatoms. The third-order valence-corrected chi connectivity index (χ3v) is 5.75. The summed E-state index contributed by atoms with van der Waals surface area (Å²) < 4.78 is 19.9. The van der Waals surface area contributed by atoms with Crippen molar-refractivity contribution in [3.63, 3.8) is 0 Å². The first-order valence-corrected chi connectivity index (χ1v) is 10.3. The number of aryl methyl sites for hydroxylation is 1. The van der Waals surface area contributed by atoms with Gasteiger partial charge in [0.25, 0.3) is 0 Å². The van der Waals surface area contributed by atoms with Crippen LogP contribution in [-0.4, -0.2) is 0 Å². The highest BCUT2D eigenvalue weighted by atomic mass is 35.5. The van der Waals surface area contributed by atoms with Crippen LogP contribution in [0.25, 0.3) is 0 Å². The number of benzene rings is 3. The van der Waals surface area contributed by atoms with Gasteiger partial charge in [-0.25, -0.2) is 4.39 Å². The lowest BCUT2D eigenvalue weighted by molar-refractivity contribution is 0.439. The minimum absolute atomic E-state index is 0.0893. The zero-order chi connectivity index (χ0) is 20.7. The summed E-state index contributed by atoms with van der Waals surface area (Å²) in [5, 5.41) is 0.736. The van der Waals surface area contributed by atoms with Crippen LogP contribution in [0.1, 0.15) is 37.3 Å². The molecule has 0 N–H and O–H groups in total. The van der Waals surface area contributed by atoms with E-state index in [4.69, 9.17) is 16.3 Å². The molecule has 3 aromatic carbocycles. The van der Waals surface area contributed by atoms with Crippen molar-refractivity contribution in [1.29, 1.82) is 0 Å². The standard InChI is InChI=1S/C26H26ClFO/c1-3-26(4-2,21-13-15-22(27)16-14-21)18-8-9-20-12-17-24(28)25(19-20)29-23-10-6-5-7-11-23/h3,5-7,10-17,19H,1,4,8-9,18H2,2H3. The second kappa shape index (κ2) is 9.76. The molecule has 0 fully saturated rings. The molecule has 0 amide bonds. The van der Waals surface area contributed by atoms with Crippen LogP contribution in [0.2, 0.25) is 5.02 Å². The lowest BCUT2D eigenvalue weighted by atomic mass is 9.74. The molecule has 0 bridgehead atoms. The van der Waals surface area contributed by atoms with E-state index in [-0.39, 0.29) is 17.0 Å². The van der Waals surface area contributed by atoms with Crippen molar-refractivity contribution >= 4 is 11.6 Å². The van der Waals surface area contributed by atoms with Gasteiger partial charge < -0.3 is 4.74 Å². The maximum atomic E-state index is 14.2. The minimum atomic E-state index is -0.354. The monoisotopic (exact) mass is 408 g/mol. The Kier molecular flexibility index (Phi) is 7.11. The second-order valence-electron chi connectivity index (χ2n) is 7.25. The van der Waals surface area contributed by atoms with Gasteiger partial charge in [0.1, 0.15) is 5.75 Å². The van der Waals surface area contributed by atoms with Crippen molar-refractivity contribution in [3.8, 4) is 11.5 Å². The SMILES string of the molecule is C=CC(CC)(CCCc1ccc(F)c(Oc2ccccc2)c1)c1ccc(Cl)cc1. The van der Waals surface area contributed by atoms with E-state index in [9.17, 15) is 4.39 Å². The molecule has 0 aromatic heterocycles. The maximum Gasteiger partial charge on any atom is 0.165 e. The molecule has 0 aliphatic rings.